The number of aryl methyl sites for hydroxylation is 1. The minimum absolute atomic E-state index is 0.0309. The summed E-state index contributed by atoms with van der Waals surface area (Å²) in [6, 6.07) is 25.3. The van der Waals surface area contributed by atoms with Crippen LogP contribution < -0.4 is 5.63 Å². The lowest BCUT2D eigenvalue weighted by Crippen LogP contribution is -2.11. The summed E-state index contributed by atoms with van der Waals surface area (Å²) in [6.07, 6.45) is 5.25. The van der Waals surface area contributed by atoms with Crippen LogP contribution in [-0.2, 0) is 6.54 Å². The van der Waals surface area contributed by atoms with Gasteiger partial charge in [0.25, 0.3) is 0 Å². The van der Waals surface area contributed by atoms with Crippen LogP contribution in [0, 0.1) is 6.92 Å². The number of fused-ring (bicyclic) bond motifs is 2. The normalized spacial score (nSPS) is 11.5. The van der Waals surface area contributed by atoms with Crippen LogP contribution in [0.3, 0.4) is 0 Å². The quantitative estimate of drug-likeness (QED) is 0.199. The number of nitrogens with zero attached hydrogens (tertiary/aromatic N) is 1. The standard InChI is InChI=1S/C28H21NO3/c1-19-10-12-20(13-11-19)17-29-18-22(23-7-3-4-8-25(23)29)14-15-26(30)24-16-21-6-2-5-9-27(21)32-28(24)31/h2-16,18H,17H2,1H3/b15-14+. The number of benzene rings is 3. The SMILES string of the molecule is Cc1ccc(Cn2cc(/C=C/C(=O)c3cc4ccccc4oc3=O)c3ccccc32)cc1. The first kappa shape index (κ1) is 19.8. The number of ketones is 1. The zero-order valence-corrected chi connectivity index (χ0v) is 17.6. The summed E-state index contributed by atoms with van der Waals surface area (Å²) in [5.41, 5.74) is 4.32. The highest BCUT2D eigenvalue weighted by Gasteiger charge is 2.12. The molecule has 0 aliphatic heterocycles. The Balaban J connectivity index is 1.49. The predicted molar refractivity (Wildman–Crippen MR) is 128 cm³/mol. The number of hydrogen-bond donors (Lipinski definition) is 0. The van der Waals surface area contributed by atoms with E-state index in [4.69, 9.17) is 4.42 Å². The molecule has 0 radical (unpaired) electrons. The molecule has 0 atom stereocenters. The van der Waals surface area contributed by atoms with Crippen LogP contribution in [0.2, 0.25) is 0 Å². The zero-order chi connectivity index (χ0) is 22.1. The molecule has 2 aromatic heterocycles. The molecule has 4 nitrogen and oxygen atoms in total. The van der Waals surface area contributed by atoms with E-state index in [1.165, 1.54) is 17.2 Å². The second kappa shape index (κ2) is 8.16. The van der Waals surface area contributed by atoms with E-state index in [0.29, 0.717) is 5.58 Å². The molecule has 0 saturated heterocycles. The molecule has 0 aliphatic carbocycles. The first-order valence-electron chi connectivity index (χ1n) is 10.5. The van der Waals surface area contributed by atoms with Gasteiger partial charge in [0.2, 0.25) is 0 Å². The van der Waals surface area contributed by atoms with E-state index in [-0.39, 0.29) is 11.3 Å². The van der Waals surface area contributed by atoms with E-state index in [2.05, 4.69) is 41.8 Å². The summed E-state index contributed by atoms with van der Waals surface area (Å²) in [5, 5.41) is 1.77. The van der Waals surface area contributed by atoms with Gasteiger partial charge < -0.3 is 8.98 Å². The van der Waals surface area contributed by atoms with Crippen molar-refractivity contribution in [3.63, 3.8) is 0 Å². The van der Waals surface area contributed by atoms with Crippen LogP contribution in [-0.4, -0.2) is 10.4 Å². The van der Waals surface area contributed by atoms with E-state index >= 15 is 0 Å². The van der Waals surface area contributed by atoms with Gasteiger partial charge in [-0.15, -0.1) is 0 Å². The molecular formula is C28H21NO3. The summed E-state index contributed by atoms with van der Waals surface area (Å²) in [4.78, 5) is 25.1. The lowest BCUT2D eigenvalue weighted by atomic mass is 10.1. The van der Waals surface area contributed by atoms with Crippen molar-refractivity contribution < 1.29 is 9.21 Å². The molecule has 156 valence electrons. The Morgan fingerprint density at radius 1 is 0.969 bits per heavy atom. The Kier molecular flexibility index (Phi) is 5.04. The molecule has 0 spiro atoms. The van der Waals surface area contributed by atoms with Gasteiger partial charge in [-0.1, -0.05) is 66.2 Å². The lowest BCUT2D eigenvalue weighted by molar-refractivity contribution is 0.104. The Morgan fingerprint density at radius 3 is 2.56 bits per heavy atom. The van der Waals surface area contributed by atoms with Gasteiger partial charge in [0.1, 0.15) is 11.1 Å². The van der Waals surface area contributed by atoms with Crippen LogP contribution in [0.5, 0.6) is 0 Å². The predicted octanol–water partition coefficient (Wildman–Crippen LogP) is 6.00. The highest BCUT2D eigenvalue weighted by Crippen LogP contribution is 2.24. The molecule has 0 aliphatic rings. The molecule has 0 N–H and O–H groups in total. The number of carbonyl (C=O) groups is 1. The van der Waals surface area contributed by atoms with Gasteiger partial charge in [-0.3, -0.25) is 4.79 Å². The molecule has 4 heteroatoms. The number of para-hydroxylation sites is 2. The van der Waals surface area contributed by atoms with Gasteiger partial charge in [-0.25, -0.2) is 4.79 Å². The van der Waals surface area contributed by atoms with Crippen LogP contribution in [0.1, 0.15) is 27.0 Å². The molecule has 32 heavy (non-hydrogen) atoms. The molecule has 5 rings (SSSR count). The lowest BCUT2D eigenvalue weighted by Gasteiger charge is -2.06. The summed E-state index contributed by atoms with van der Waals surface area (Å²) < 4.78 is 7.48. The molecule has 5 aromatic rings. The summed E-state index contributed by atoms with van der Waals surface area (Å²) >= 11 is 0. The maximum absolute atomic E-state index is 12.8. The zero-order valence-electron chi connectivity index (χ0n) is 17.6. The van der Waals surface area contributed by atoms with Crippen molar-refractivity contribution in [1.29, 1.82) is 0 Å². The van der Waals surface area contributed by atoms with Crippen LogP contribution >= 0.6 is 0 Å². The highest BCUT2D eigenvalue weighted by atomic mass is 16.4. The van der Waals surface area contributed by atoms with Gasteiger partial charge in [-0.05, 0) is 42.8 Å². The van der Waals surface area contributed by atoms with Crippen molar-refractivity contribution in [3.05, 3.63) is 124 Å². The van der Waals surface area contributed by atoms with Crippen molar-refractivity contribution in [2.45, 2.75) is 13.5 Å². The average Bonchev–Trinajstić information content (AvgIpc) is 3.16. The van der Waals surface area contributed by atoms with Crippen molar-refractivity contribution in [2.24, 2.45) is 0 Å². The molecule has 0 fully saturated rings. The van der Waals surface area contributed by atoms with Crippen molar-refractivity contribution in [2.75, 3.05) is 0 Å². The maximum Gasteiger partial charge on any atom is 0.347 e. The second-order valence-electron chi connectivity index (χ2n) is 7.90. The summed E-state index contributed by atoms with van der Waals surface area (Å²) in [7, 11) is 0. The minimum atomic E-state index is -0.625. The first-order valence-corrected chi connectivity index (χ1v) is 10.5. The summed E-state index contributed by atoms with van der Waals surface area (Å²) in [5.74, 6) is -0.375. The third kappa shape index (κ3) is 3.79. The van der Waals surface area contributed by atoms with Crippen LogP contribution in [0.4, 0.5) is 0 Å². The minimum Gasteiger partial charge on any atom is -0.422 e. The Bertz CT molecular complexity index is 1540. The van der Waals surface area contributed by atoms with E-state index < -0.39 is 5.63 Å². The fraction of sp³-hybridized carbons (Fsp3) is 0.0714. The first-order chi connectivity index (χ1) is 15.6. The fourth-order valence-electron chi connectivity index (χ4n) is 3.92. The molecular weight excluding hydrogens is 398 g/mol. The summed E-state index contributed by atoms with van der Waals surface area (Å²) in [6.45, 7) is 2.81. The Morgan fingerprint density at radius 2 is 1.72 bits per heavy atom. The fourth-order valence-corrected chi connectivity index (χ4v) is 3.92. The average molecular weight is 419 g/mol. The van der Waals surface area contributed by atoms with Gasteiger partial charge in [-0.2, -0.15) is 0 Å². The Hall–Kier alpha value is -4.18. The molecule has 0 amide bonds. The van der Waals surface area contributed by atoms with Gasteiger partial charge in [0.05, 0.1) is 0 Å². The number of hydrogen-bond acceptors (Lipinski definition) is 3. The third-order valence-corrected chi connectivity index (χ3v) is 5.61. The van der Waals surface area contributed by atoms with Crippen LogP contribution in [0.15, 0.2) is 100 Å². The molecule has 0 saturated carbocycles. The largest absolute Gasteiger partial charge is 0.422 e. The number of rotatable bonds is 5. The smallest absolute Gasteiger partial charge is 0.347 e. The Labute approximate surface area is 185 Å². The van der Waals surface area contributed by atoms with E-state index in [1.54, 1.807) is 24.3 Å². The molecule has 0 bridgehead atoms. The van der Waals surface area contributed by atoms with Gasteiger partial charge >= 0.3 is 5.63 Å². The van der Waals surface area contributed by atoms with Crippen molar-refractivity contribution in [3.8, 4) is 0 Å². The molecule has 0 unspecified atom stereocenters. The monoisotopic (exact) mass is 419 g/mol. The van der Waals surface area contributed by atoms with E-state index in [1.807, 2.05) is 36.5 Å². The number of aromatic nitrogens is 1. The number of carbonyl (C=O) groups excluding carboxylic acids is 1. The van der Waals surface area contributed by atoms with Crippen molar-refractivity contribution >= 4 is 33.7 Å². The third-order valence-electron chi connectivity index (χ3n) is 5.61. The van der Waals surface area contributed by atoms with Gasteiger partial charge in [0, 0.05) is 34.6 Å². The van der Waals surface area contributed by atoms with E-state index in [0.717, 1.165) is 28.4 Å². The highest BCUT2D eigenvalue weighted by molar-refractivity contribution is 6.08. The molecule has 2 heterocycles. The second-order valence-corrected chi connectivity index (χ2v) is 7.90. The molecule has 3 aromatic carbocycles. The van der Waals surface area contributed by atoms with Gasteiger partial charge in [0.15, 0.2) is 5.78 Å². The topological polar surface area (TPSA) is 52.2 Å². The number of allylic oxidation sites excluding steroid dienone is 1. The van der Waals surface area contributed by atoms with E-state index in [9.17, 15) is 9.59 Å². The van der Waals surface area contributed by atoms with Crippen molar-refractivity contribution in [1.82, 2.24) is 4.57 Å². The maximum atomic E-state index is 12.8. The van der Waals surface area contributed by atoms with Crippen LogP contribution in [0.25, 0.3) is 27.9 Å².